The van der Waals surface area contributed by atoms with Gasteiger partial charge >= 0.3 is 0 Å². The topological polar surface area (TPSA) is 87.3 Å². The summed E-state index contributed by atoms with van der Waals surface area (Å²) in [5.41, 5.74) is 8.41. The molecule has 0 bridgehead atoms. The fourth-order valence-electron chi connectivity index (χ4n) is 5.00. The maximum Gasteiger partial charge on any atom is 0.255 e. The van der Waals surface area contributed by atoms with Crippen LogP contribution in [0.25, 0.3) is 0 Å². The SMILES string of the molecule is CCCCCCCCCCCCC(=O)NNC(=O)C(C(=O)Nc1c(C(C)C)cccc1C(C)C)c1ccccc1. The minimum Gasteiger partial charge on any atom is -0.325 e. The zero-order valence-electron chi connectivity index (χ0n) is 25.4. The van der Waals surface area contributed by atoms with Crippen molar-refractivity contribution in [3.63, 3.8) is 0 Å². The molecular formula is C34H51N3O3. The Labute approximate surface area is 242 Å². The smallest absolute Gasteiger partial charge is 0.255 e. The van der Waals surface area contributed by atoms with Crippen molar-refractivity contribution in [2.75, 3.05) is 5.32 Å². The maximum absolute atomic E-state index is 13.6. The zero-order chi connectivity index (χ0) is 29.3. The van der Waals surface area contributed by atoms with Crippen LogP contribution in [0.5, 0.6) is 0 Å². The first kappa shape index (κ1) is 33.1. The van der Waals surface area contributed by atoms with Gasteiger partial charge in [-0.05, 0) is 34.9 Å². The van der Waals surface area contributed by atoms with Crippen molar-refractivity contribution in [2.24, 2.45) is 0 Å². The Kier molecular flexibility index (Phi) is 15.1. The number of carbonyl (C=O) groups is 3. The Morgan fingerprint density at radius 2 is 1.15 bits per heavy atom. The molecule has 0 heterocycles. The number of hydrazine groups is 1. The van der Waals surface area contributed by atoms with Crippen molar-refractivity contribution < 1.29 is 14.4 Å². The van der Waals surface area contributed by atoms with Crippen LogP contribution in [-0.2, 0) is 14.4 Å². The van der Waals surface area contributed by atoms with E-state index in [4.69, 9.17) is 0 Å². The van der Waals surface area contributed by atoms with Gasteiger partial charge in [-0.25, -0.2) is 0 Å². The second-order valence-electron chi connectivity index (χ2n) is 11.4. The molecular weight excluding hydrogens is 498 g/mol. The fraction of sp³-hybridized carbons (Fsp3) is 0.559. The van der Waals surface area contributed by atoms with Crippen LogP contribution in [0.2, 0.25) is 0 Å². The van der Waals surface area contributed by atoms with E-state index in [1.807, 2.05) is 24.3 Å². The number of amides is 3. The van der Waals surface area contributed by atoms with Gasteiger partial charge in [0.1, 0.15) is 5.92 Å². The zero-order valence-corrected chi connectivity index (χ0v) is 25.4. The number of carbonyl (C=O) groups excluding carboxylic acids is 3. The van der Waals surface area contributed by atoms with E-state index in [9.17, 15) is 14.4 Å². The second-order valence-corrected chi connectivity index (χ2v) is 11.4. The van der Waals surface area contributed by atoms with Gasteiger partial charge in [-0.1, -0.05) is 141 Å². The molecule has 3 amide bonds. The average Bonchev–Trinajstić information content (AvgIpc) is 2.93. The molecule has 0 saturated carbocycles. The van der Waals surface area contributed by atoms with Crippen LogP contribution in [-0.4, -0.2) is 17.7 Å². The molecule has 6 heteroatoms. The normalized spacial score (nSPS) is 11.9. The number of rotatable bonds is 17. The Morgan fingerprint density at radius 1 is 0.625 bits per heavy atom. The van der Waals surface area contributed by atoms with Crippen molar-refractivity contribution in [1.29, 1.82) is 0 Å². The summed E-state index contributed by atoms with van der Waals surface area (Å²) in [6.07, 6.45) is 12.3. The molecule has 2 rings (SSSR count). The monoisotopic (exact) mass is 549 g/mol. The number of anilines is 1. The van der Waals surface area contributed by atoms with E-state index in [1.165, 1.54) is 44.9 Å². The summed E-state index contributed by atoms with van der Waals surface area (Å²) < 4.78 is 0. The summed E-state index contributed by atoms with van der Waals surface area (Å²) in [5.74, 6) is -1.95. The second kappa shape index (κ2) is 18.2. The number of unbranched alkanes of at least 4 members (excludes halogenated alkanes) is 9. The van der Waals surface area contributed by atoms with Gasteiger partial charge in [0.05, 0.1) is 0 Å². The molecule has 0 fully saturated rings. The van der Waals surface area contributed by atoms with Crippen molar-refractivity contribution in [1.82, 2.24) is 10.9 Å². The third-order valence-corrected chi connectivity index (χ3v) is 7.36. The minimum absolute atomic E-state index is 0.197. The molecule has 6 nitrogen and oxygen atoms in total. The van der Waals surface area contributed by atoms with Crippen LogP contribution >= 0.6 is 0 Å². The van der Waals surface area contributed by atoms with Crippen molar-refractivity contribution in [2.45, 2.75) is 123 Å². The molecule has 40 heavy (non-hydrogen) atoms. The molecule has 0 aliphatic rings. The number of nitrogens with one attached hydrogen (secondary N) is 3. The van der Waals surface area contributed by atoms with Gasteiger partial charge < -0.3 is 5.32 Å². The highest BCUT2D eigenvalue weighted by Gasteiger charge is 2.30. The van der Waals surface area contributed by atoms with E-state index in [2.05, 4.69) is 50.8 Å². The quantitative estimate of drug-likeness (QED) is 0.106. The van der Waals surface area contributed by atoms with E-state index in [1.54, 1.807) is 24.3 Å². The fourth-order valence-corrected chi connectivity index (χ4v) is 5.00. The van der Waals surface area contributed by atoms with Crippen LogP contribution < -0.4 is 16.2 Å². The van der Waals surface area contributed by atoms with E-state index >= 15 is 0 Å². The minimum atomic E-state index is -1.11. The van der Waals surface area contributed by atoms with Gasteiger partial charge in [0.25, 0.3) is 5.91 Å². The molecule has 0 saturated heterocycles. The molecule has 0 radical (unpaired) electrons. The summed E-state index contributed by atoms with van der Waals surface area (Å²) in [6.45, 7) is 10.6. The van der Waals surface area contributed by atoms with E-state index in [0.29, 0.717) is 12.0 Å². The van der Waals surface area contributed by atoms with Gasteiger partial charge in [0, 0.05) is 12.1 Å². The summed E-state index contributed by atoms with van der Waals surface area (Å²) in [6, 6.07) is 15.0. The third kappa shape index (κ3) is 11.1. The highest BCUT2D eigenvalue weighted by atomic mass is 16.2. The van der Waals surface area contributed by atoms with Gasteiger partial charge in [0.2, 0.25) is 11.8 Å². The molecule has 2 aromatic rings. The number of benzene rings is 2. The van der Waals surface area contributed by atoms with Crippen LogP contribution in [0.15, 0.2) is 48.5 Å². The Hall–Kier alpha value is -3.15. The lowest BCUT2D eigenvalue weighted by atomic mass is 9.91. The first-order valence-electron chi connectivity index (χ1n) is 15.3. The molecule has 1 atom stereocenters. The van der Waals surface area contributed by atoms with Gasteiger partial charge in [-0.2, -0.15) is 0 Å². The summed E-state index contributed by atoms with van der Waals surface area (Å²) >= 11 is 0. The average molecular weight is 550 g/mol. The largest absolute Gasteiger partial charge is 0.325 e. The Balaban J connectivity index is 1.95. The first-order valence-corrected chi connectivity index (χ1v) is 15.3. The van der Waals surface area contributed by atoms with E-state index in [0.717, 1.165) is 36.1 Å². The summed E-state index contributed by atoms with van der Waals surface area (Å²) in [7, 11) is 0. The predicted molar refractivity (Wildman–Crippen MR) is 165 cm³/mol. The molecule has 220 valence electrons. The molecule has 0 aromatic heterocycles. The van der Waals surface area contributed by atoms with Gasteiger partial charge in [-0.15, -0.1) is 0 Å². The lowest BCUT2D eigenvalue weighted by Gasteiger charge is -2.23. The van der Waals surface area contributed by atoms with Crippen molar-refractivity contribution in [3.8, 4) is 0 Å². The molecule has 0 aliphatic carbocycles. The van der Waals surface area contributed by atoms with Crippen molar-refractivity contribution in [3.05, 3.63) is 65.2 Å². The van der Waals surface area contributed by atoms with E-state index in [-0.39, 0.29) is 17.7 Å². The highest BCUT2D eigenvalue weighted by Crippen LogP contribution is 2.33. The summed E-state index contributed by atoms with van der Waals surface area (Å²) in [5, 5.41) is 3.07. The van der Waals surface area contributed by atoms with Crippen LogP contribution in [0.1, 0.15) is 140 Å². The highest BCUT2D eigenvalue weighted by molar-refractivity contribution is 6.11. The Morgan fingerprint density at radius 3 is 1.68 bits per heavy atom. The lowest BCUT2D eigenvalue weighted by Crippen LogP contribution is -2.46. The molecule has 3 N–H and O–H groups in total. The third-order valence-electron chi connectivity index (χ3n) is 7.36. The van der Waals surface area contributed by atoms with Crippen molar-refractivity contribution >= 4 is 23.4 Å². The molecule has 0 spiro atoms. The molecule has 0 aliphatic heterocycles. The van der Waals surface area contributed by atoms with E-state index < -0.39 is 17.7 Å². The molecule has 2 aromatic carbocycles. The van der Waals surface area contributed by atoms with Gasteiger partial charge in [0.15, 0.2) is 0 Å². The number of para-hydroxylation sites is 1. The number of hydrogen-bond acceptors (Lipinski definition) is 3. The maximum atomic E-state index is 13.6. The van der Waals surface area contributed by atoms with Crippen LogP contribution in [0.4, 0.5) is 5.69 Å². The molecule has 1 unspecified atom stereocenters. The van der Waals surface area contributed by atoms with Crippen LogP contribution in [0.3, 0.4) is 0 Å². The Bertz CT molecular complexity index is 1020. The van der Waals surface area contributed by atoms with Crippen LogP contribution in [0, 0.1) is 0 Å². The lowest BCUT2D eigenvalue weighted by molar-refractivity contribution is -0.133. The van der Waals surface area contributed by atoms with Gasteiger partial charge in [-0.3, -0.25) is 25.2 Å². The standard InChI is InChI=1S/C34H51N3O3/c1-6-7-8-9-10-11-12-13-14-18-24-30(38)36-37-34(40)31(27-20-16-15-17-21-27)33(39)35-32-28(25(2)3)22-19-23-29(32)26(4)5/h15-17,19-23,25-26,31H,6-14,18,24H2,1-5H3,(H,35,39)(H,36,38)(H,37,40). The predicted octanol–water partition coefficient (Wildman–Crippen LogP) is 8.11. The first-order chi connectivity index (χ1) is 19.3. The number of hydrogen-bond donors (Lipinski definition) is 3. The summed E-state index contributed by atoms with van der Waals surface area (Å²) in [4.78, 5) is 39.3.